The number of nitrogens with zero attached hydrogens (tertiary/aromatic N) is 1. The van der Waals surface area contributed by atoms with Crippen LogP contribution in [-0.4, -0.2) is 31.9 Å². The fraction of sp³-hybridized carbons (Fsp3) is 0.571. The second-order valence-corrected chi connectivity index (χ2v) is 6.15. The Balaban J connectivity index is 2.22. The van der Waals surface area contributed by atoms with Gasteiger partial charge in [0.25, 0.3) is 0 Å². The zero-order valence-corrected chi connectivity index (χ0v) is 12.0. The van der Waals surface area contributed by atoms with Crippen LogP contribution < -0.4 is 10.2 Å². The van der Waals surface area contributed by atoms with Gasteiger partial charge in [-0.25, -0.2) is 0 Å². The van der Waals surface area contributed by atoms with E-state index in [1.54, 1.807) is 0 Å². The fourth-order valence-electron chi connectivity index (χ4n) is 2.32. The average molecular weight is 250 g/mol. The average Bonchev–Trinajstić information content (AvgIpc) is 2.33. The first kappa shape index (κ1) is 12.8. The van der Waals surface area contributed by atoms with Gasteiger partial charge in [0.05, 0.1) is 5.69 Å². The van der Waals surface area contributed by atoms with E-state index in [1.165, 1.54) is 22.6 Å². The number of rotatable bonds is 3. The molecule has 0 fully saturated rings. The number of hydrogen-bond donors (Lipinski definition) is 1. The van der Waals surface area contributed by atoms with E-state index in [1.807, 2.05) is 18.8 Å². The second kappa shape index (κ2) is 5.32. The van der Waals surface area contributed by atoms with Crippen LogP contribution >= 0.6 is 11.8 Å². The Bertz CT molecular complexity index is 392. The predicted molar refractivity (Wildman–Crippen MR) is 77.2 cm³/mol. The van der Waals surface area contributed by atoms with Crippen LogP contribution in [0.2, 0.25) is 0 Å². The third-order valence-electron chi connectivity index (χ3n) is 3.60. The number of thioether (sulfide) groups is 1. The van der Waals surface area contributed by atoms with E-state index in [2.05, 4.69) is 49.3 Å². The molecule has 1 aliphatic rings. The van der Waals surface area contributed by atoms with Crippen molar-refractivity contribution in [1.82, 2.24) is 5.32 Å². The molecule has 1 N–H and O–H groups in total. The van der Waals surface area contributed by atoms with Crippen molar-refractivity contribution in [3.05, 3.63) is 23.8 Å². The van der Waals surface area contributed by atoms with Crippen LogP contribution in [0.5, 0.6) is 0 Å². The Labute approximate surface area is 109 Å². The molecule has 1 heterocycles. The van der Waals surface area contributed by atoms with Gasteiger partial charge in [0, 0.05) is 23.2 Å². The molecule has 0 bridgehead atoms. The van der Waals surface area contributed by atoms with Crippen LogP contribution in [0.3, 0.4) is 0 Å². The van der Waals surface area contributed by atoms with Gasteiger partial charge in [-0.15, -0.1) is 11.8 Å². The van der Waals surface area contributed by atoms with Crippen molar-refractivity contribution in [1.29, 1.82) is 0 Å². The number of hydrogen-bond acceptors (Lipinski definition) is 3. The molecule has 17 heavy (non-hydrogen) atoms. The lowest BCUT2D eigenvalue weighted by Crippen LogP contribution is -2.41. The first-order valence-electron chi connectivity index (χ1n) is 6.28. The molecule has 0 aliphatic carbocycles. The molecule has 3 heteroatoms. The van der Waals surface area contributed by atoms with E-state index in [9.17, 15) is 0 Å². The van der Waals surface area contributed by atoms with Gasteiger partial charge in [-0.3, -0.25) is 0 Å². The molecule has 0 spiro atoms. The van der Waals surface area contributed by atoms with Crippen molar-refractivity contribution in [2.75, 3.05) is 25.5 Å². The van der Waals surface area contributed by atoms with Crippen LogP contribution in [-0.2, 0) is 0 Å². The smallest absolute Gasteiger partial charge is 0.0507 e. The van der Waals surface area contributed by atoms with Crippen molar-refractivity contribution in [2.45, 2.75) is 36.5 Å². The molecule has 0 aromatic heterocycles. The van der Waals surface area contributed by atoms with Gasteiger partial charge in [-0.1, -0.05) is 6.07 Å². The van der Waals surface area contributed by atoms with Crippen molar-refractivity contribution in [3.63, 3.8) is 0 Å². The third kappa shape index (κ3) is 2.61. The maximum atomic E-state index is 3.25. The Hall–Kier alpha value is -0.670. The minimum Gasteiger partial charge on any atom is -0.370 e. The Kier molecular flexibility index (Phi) is 4.00. The van der Waals surface area contributed by atoms with E-state index < -0.39 is 0 Å². The zero-order chi connectivity index (χ0) is 12.4. The molecule has 94 valence electrons. The highest BCUT2D eigenvalue weighted by Gasteiger charge is 2.29. The highest BCUT2D eigenvalue weighted by atomic mass is 32.2. The number of nitrogens with one attached hydrogen (secondary N) is 1. The lowest BCUT2D eigenvalue weighted by molar-refractivity contribution is 0.583. The Morgan fingerprint density at radius 2 is 2.18 bits per heavy atom. The standard InChI is InChI=1S/C14H22N2S/c1-10-5-6-14-12(9-10)16(4)11(2)13(17-14)7-8-15-3/h5-6,9,11,13,15H,7-8H2,1-4H3. The van der Waals surface area contributed by atoms with Crippen LogP contribution in [0.4, 0.5) is 5.69 Å². The normalized spacial score (nSPS) is 23.6. The maximum Gasteiger partial charge on any atom is 0.0507 e. The molecule has 1 aliphatic heterocycles. The molecular weight excluding hydrogens is 228 g/mol. The molecule has 1 aromatic rings. The SMILES string of the molecule is CNCCC1Sc2ccc(C)cc2N(C)C1C. The maximum absolute atomic E-state index is 3.25. The quantitative estimate of drug-likeness (QED) is 0.888. The predicted octanol–water partition coefficient (Wildman–Crippen LogP) is 2.90. The molecule has 2 unspecified atom stereocenters. The summed E-state index contributed by atoms with van der Waals surface area (Å²) in [5, 5.41) is 3.93. The van der Waals surface area contributed by atoms with E-state index in [-0.39, 0.29) is 0 Å². The minimum absolute atomic E-state index is 0.600. The Morgan fingerprint density at radius 3 is 2.88 bits per heavy atom. The molecule has 0 saturated carbocycles. The molecule has 2 nitrogen and oxygen atoms in total. The zero-order valence-electron chi connectivity index (χ0n) is 11.2. The van der Waals surface area contributed by atoms with Gasteiger partial charge >= 0.3 is 0 Å². The van der Waals surface area contributed by atoms with Crippen molar-refractivity contribution >= 4 is 17.4 Å². The summed E-state index contributed by atoms with van der Waals surface area (Å²) >= 11 is 2.04. The molecule has 1 aromatic carbocycles. The monoisotopic (exact) mass is 250 g/mol. The van der Waals surface area contributed by atoms with Crippen molar-refractivity contribution in [3.8, 4) is 0 Å². The van der Waals surface area contributed by atoms with Crippen LogP contribution in [0.15, 0.2) is 23.1 Å². The number of anilines is 1. The summed E-state index contributed by atoms with van der Waals surface area (Å²) in [4.78, 5) is 3.86. The molecule has 2 atom stereocenters. The highest BCUT2D eigenvalue weighted by Crippen LogP contribution is 2.42. The first-order valence-corrected chi connectivity index (χ1v) is 7.16. The van der Waals surface area contributed by atoms with Crippen LogP contribution in [0.25, 0.3) is 0 Å². The summed E-state index contributed by atoms with van der Waals surface area (Å²) in [6.45, 7) is 5.59. The van der Waals surface area contributed by atoms with Gasteiger partial charge in [0.1, 0.15) is 0 Å². The second-order valence-electron chi connectivity index (χ2n) is 4.87. The lowest BCUT2D eigenvalue weighted by atomic mass is 10.1. The summed E-state index contributed by atoms with van der Waals surface area (Å²) in [6.07, 6.45) is 1.22. The van der Waals surface area contributed by atoms with E-state index >= 15 is 0 Å². The molecule has 0 amide bonds. The summed E-state index contributed by atoms with van der Waals surface area (Å²) in [7, 11) is 4.24. The van der Waals surface area contributed by atoms with Gasteiger partial charge in [0.2, 0.25) is 0 Å². The largest absolute Gasteiger partial charge is 0.370 e. The van der Waals surface area contributed by atoms with E-state index in [4.69, 9.17) is 0 Å². The molecule has 0 radical (unpaired) electrons. The summed E-state index contributed by atoms with van der Waals surface area (Å²) in [6, 6.07) is 7.38. The molecule has 0 saturated heterocycles. The summed E-state index contributed by atoms with van der Waals surface area (Å²) in [5.74, 6) is 0. The molecule has 2 rings (SSSR count). The van der Waals surface area contributed by atoms with Crippen molar-refractivity contribution < 1.29 is 0 Å². The number of fused-ring (bicyclic) bond motifs is 1. The van der Waals surface area contributed by atoms with Crippen LogP contribution in [0.1, 0.15) is 18.9 Å². The van der Waals surface area contributed by atoms with E-state index in [0.717, 1.165) is 6.54 Å². The van der Waals surface area contributed by atoms with Gasteiger partial charge in [0.15, 0.2) is 0 Å². The van der Waals surface area contributed by atoms with Crippen LogP contribution in [0, 0.1) is 6.92 Å². The first-order chi connectivity index (χ1) is 8.13. The Morgan fingerprint density at radius 1 is 1.41 bits per heavy atom. The van der Waals surface area contributed by atoms with Gasteiger partial charge < -0.3 is 10.2 Å². The fourth-order valence-corrected chi connectivity index (χ4v) is 3.73. The topological polar surface area (TPSA) is 15.3 Å². The minimum atomic E-state index is 0.600. The lowest BCUT2D eigenvalue weighted by Gasteiger charge is -2.39. The van der Waals surface area contributed by atoms with Gasteiger partial charge in [-0.05, 0) is 51.6 Å². The third-order valence-corrected chi connectivity index (χ3v) is 5.13. The molecular formula is C14H22N2S. The highest BCUT2D eigenvalue weighted by molar-refractivity contribution is 8.00. The summed E-state index contributed by atoms with van der Waals surface area (Å²) < 4.78 is 0. The summed E-state index contributed by atoms with van der Waals surface area (Å²) in [5.41, 5.74) is 2.74. The van der Waals surface area contributed by atoms with E-state index in [0.29, 0.717) is 11.3 Å². The number of benzene rings is 1. The van der Waals surface area contributed by atoms with Crippen molar-refractivity contribution in [2.24, 2.45) is 0 Å². The number of aryl methyl sites for hydroxylation is 1. The van der Waals surface area contributed by atoms with Gasteiger partial charge in [-0.2, -0.15) is 0 Å².